The molecule has 1 aromatic heterocycles. The molecule has 16 heavy (non-hydrogen) atoms. The van der Waals surface area contributed by atoms with Crippen molar-refractivity contribution < 1.29 is 0 Å². The van der Waals surface area contributed by atoms with Gasteiger partial charge >= 0.3 is 0 Å². The highest BCUT2D eigenvalue weighted by Gasteiger charge is 2.20. The SMILES string of the molecule is Clc1ccc2c(Cl)c3c(nc2c1Cl)CCC3. The summed E-state index contributed by atoms with van der Waals surface area (Å²) in [6.07, 6.45) is 3.11. The fourth-order valence-electron chi connectivity index (χ4n) is 2.21. The molecule has 0 radical (unpaired) electrons. The lowest BCUT2D eigenvalue weighted by molar-refractivity contribution is 0.901. The van der Waals surface area contributed by atoms with Gasteiger partial charge in [0, 0.05) is 11.1 Å². The van der Waals surface area contributed by atoms with E-state index in [0.717, 1.165) is 40.9 Å². The molecule has 3 rings (SSSR count). The largest absolute Gasteiger partial charge is 0.251 e. The first kappa shape index (κ1) is 10.6. The normalized spacial score (nSPS) is 14.4. The fraction of sp³-hybridized carbons (Fsp3) is 0.250. The Hall–Kier alpha value is -0.500. The zero-order chi connectivity index (χ0) is 11.3. The van der Waals surface area contributed by atoms with Crippen molar-refractivity contribution >= 4 is 45.7 Å². The monoisotopic (exact) mass is 271 g/mol. The summed E-state index contributed by atoms with van der Waals surface area (Å²) in [7, 11) is 0. The van der Waals surface area contributed by atoms with Gasteiger partial charge in [0.2, 0.25) is 0 Å². The van der Waals surface area contributed by atoms with Crippen LogP contribution in [0.4, 0.5) is 0 Å². The van der Waals surface area contributed by atoms with Crippen molar-refractivity contribution in [2.75, 3.05) is 0 Å². The number of hydrogen-bond acceptors (Lipinski definition) is 1. The summed E-state index contributed by atoms with van der Waals surface area (Å²) in [6.45, 7) is 0. The van der Waals surface area contributed by atoms with Crippen molar-refractivity contribution in [3.05, 3.63) is 38.5 Å². The molecule has 0 aliphatic heterocycles. The maximum atomic E-state index is 6.37. The van der Waals surface area contributed by atoms with E-state index in [1.54, 1.807) is 6.07 Å². The molecule has 1 aliphatic rings. The molecule has 82 valence electrons. The van der Waals surface area contributed by atoms with Gasteiger partial charge in [-0.3, -0.25) is 4.98 Å². The second-order valence-corrected chi connectivity index (χ2v) is 5.13. The first-order valence-electron chi connectivity index (χ1n) is 5.13. The van der Waals surface area contributed by atoms with E-state index in [9.17, 15) is 0 Å². The standard InChI is InChI=1S/C12H8Cl3N/c13-8-5-4-7-10(14)6-2-1-3-9(6)16-12(7)11(8)15/h4-5H,1-3H2. The van der Waals surface area contributed by atoms with Crippen LogP contribution in [-0.2, 0) is 12.8 Å². The number of aromatic nitrogens is 1. The molecule has 0 unspecified atom stereocenters. The van der Waals surface area contributed by atoms with Crippen LogP contribution in [0.15, 0.2) is 12.1 Å². The molecule has 0 bridgehead atoms. The second kappa shape index (κ2) is 3.76. The van der Waals surface area contributed by atoms with Gasteiger partial charge in [-0.15, -0.1) is 0 Å². The molecule has 0 spiro atoms. The topological polar surface area (TPSA) is 12.9 Å². The highest BCUT2D eigenvalue weighted by Crippen LogP contribution is 2.38. The van der Waals surface area contributed by atoms with Gasteiger partial charge in [-0.05, 0) is 37.0 Å². The van der Waals surface area contributed by atoms with Crippen LogP contribution in [0, 0.1) is 0 Å². The van der Waals surface area contributed by atoms with Gasteiger partial charge in [0.1, 0.15) is 0 Å². The Morgan fingerprint density at radius 2 is 1.81 bits per heavy atom. The molecule has 0 saturated carbocycles. The Balaban J connectivity index is 2.46. The van der Waals surface area contributed by atoms with Crippen molar-refractivity contribution in [3.63, 3.8) is 0 Å². The molecule has 0 atom stereocenters. The highest BCUT2D eigenvalue weighted by atomic mass is 35.5. The minimum absolute atomic E-state index is 0.496. The highest BCUT2D eigenvalue weighted by molar-refractivity contribution is 6.46. The number of benzene rings is 1. The zero-order valence-electron chi connectivity index (χ0n) is 8.36. The van der Waals surface area contributed by atoms with E-state index in [0.29, 0.717) is 10.0 Å². The van der Waals surface area contributed by atoms with Crippen LogP contribution in [0.5, 0.6) is 0 Å². The van der Waals surface area contributed by atoms with Crippen LogP contribution in [0.3, 0.4) is 0 Å². The Labute approximate surface area is 108 Å². The summed E-state index contributed by atoms with van der Waals surface area (Å²) in [5.41, 5.74) is 2.97. The lowest BCUT2D eigenvalue weighted by Crippen LogP contribution is -1.92. The van der Waals surface area contributed by atoms with Gasteiger partial charge in [-0.2, -0.15) is 0 Å². The number of nitrogens with zero attached hydrogens (tertiary/aromatic N) is 1. The fourth-order valence-corrected chi connectivity index (χ4v) is 2.93. The maximum Gasteiger partial charge on any atom is 0.0921 e. The van der Waals surface area contributed by atoms with Gasteiger partial charge in [-0.1, -0.05) is 34.8 Å². The first-order valence-corrected chi connectivity index (χ1v) is 6.27. The van der Waals surface area contributed by atoms with Gasteiger partial charge in [-0.25, -0.2) is 0 Å². The molecular formula is C12H8Cl3N. The van der Waals surface area contributed by atoms with Crippen molar-refractivity contribution in [2.45, 2.75) is 19.3 Å². The number of hydrogen-bond donors (Lipinski definition) is 0. The minimum Gasteiger partial charge on any atom is -0.251 e. The summed E-state index contributed by atoms with van der Waals surface area (Å²) in [5.74, 6) is 0. The van der Waals surface area contributed by atoms with Crippen LogP contribution >= 0.6 is 34.8 Å². The molecule has 1 heterocycles. The molecule has 1 nitrogen and oxygen atoms in total. The van der Waals surface area contributed by atoms with E-state index in [1.807, 2.05) is 6.07 Å². The number of rotatable bonds is 0. The Morgan fingerprint density at radius 3 is 2.62 bits per heavy atom. The van der Waals surface area contributed by atoms with E-state index in [-0.39, 0.29) is 0 Å². The predicted octanol–water partition coefficient (Wildman–Crippen LogP) is 4.68. The summed E-state index contributed by atoms with van der Waals surface area (Å²) in [5, 5.41) is 2.71. The smallest absolute Gasteiger partial charge is 0.0921 e. The van der Waals surface area contributed by atoms with Crippen molar-refractivity contribution in [3.8, 4) is 0 Å². The maximum absolute atomic E-state index is 6.37. The lowest BCUT2D eigenvalue weighted by atomic mass is 10.1. The number of halogens is 3. The number of fused-ring (bicyclic) bond motifs is 2. The second-order valence-electron chi connectivity index (χ2n) is 3.96. The van der Waals surface area contributed by atoms with Crippen LogP contribution < -0.4 is 0 Å². The van der Waals surface area contributed by atoms with E-state index in [4.69, 9.17) is 34.8 Å². The van der Waals surface area contributed by atoms with Gasteiger partial charge < -0.3 is 0 Å². The third-order valence-corrected chi connectivity index (χ3v) is 4.23. The summed E-state index contributed by atoms with van der Waals surface area (Å²) < 4.78 is 0. The van der Waals surface area contributed by atoms with Gasteiger partial charge in [0.25, 0.3) is 0 Å². The third kappa shape index (κ3) is 1.42. The Kier molecular flexibility index (Phi) is 2.50. The van der Waals surface area contributed by atoms with Crippen molar-refractivity contribution in [2.24, 2.45) is 0 Å². The molecule has 0 saturated heterocycles. The van der Waals surface area contributed by atoms with Crippen LogP contribution in [-0.4, -0.2) is 4.98 Å². The Morgan fingerprint density at radius 1 is 1.00 bits per heavy atom. The van der Waals surface area contributed by atoms with E-state index >= 15 is 0 Å². The number of pyridine rings is 1. The Bertz CT molecular complexity index is 593. The summed E-state index contributed by atoms with van der Waals surface area (Å²) in [6, 6.07) is 3.65. The van der Waals surface area contributed by atoms with Crippen LogP contribution in [0.2, 0.25) is 15.1 Å². The predicted molar refractivity (Wildman–Crippen MR) is 68.8 cm³/mol. The molecule has 4 heteroatoms. The van der Waals surface area contributed by atoms with Gasteiger partial charge in [0.05, 0.1) is 20.6 Å². The zero-order valence-corrected chi connectivity index (χ0v) is 10.6. The molecule has 0 N–H and O–H groups in total. The average Bonchev–Trinajstić information content (AvgIpc) is 2.73. The molecule has 1 aromatic carbocycles. The molecular weight excluding hydrogens is 264 g/mol. The van der Waals surface area contributed by atoms with Gasteiger partial charge in [0.15, 0.2) is 0 Å². The molecule has 0 amide bonds. The van der Waals surface area contributed by atoms with Crippen LogP contribution in [0.1, 0.15) is 17.7 Å². The lowest BCUT2D eigenvalue weighted by Gasteiger charge is -2.08. The van der Waals surface area contributed by atoms with Crippen LogP contribution in [0.25, 0.3) is 10.9 Å². The quantitative estimate of drug-likeness (QED) is 0.678. The van der Waals surface area contributed by atoms with Crippen molar-refractivity contribution in [1.29, 1.82) is 0 Å². The summed E-state index contributed by atoms with van der Waals surface area (Å²) >= 11 is 18.5. The molecule has 2 aromatic rings. The number of aryl methyl sites for hydroxylation is 1. The molecule has 0 fully saturated rings. The third-order valence-electron chi connectivity index (χ3n) is 3.01. The van der Waals surface area contributed by atoms with E-state index in [1.165, 1.54) is 5.56 Å². The summed E-state index contributed by atoms with van der Waals surface area (Å²) in [4.78, 5) is 4.58. The van der Waals surface area contributed by atoms with Crippen molar-refractivity contribution in [1.82, 2.24) is 4.98 Å². The van der Waals surface area contributed by atoms with E-state index in [2.05, 4.69) is 4.98 Å². The average molecular weight is 273 g/mol. The molecule has 1 aliphatic carbocycles. The van der Waals surface area contributed by atoms with E-state index < -0.39 is 0 Å². The minimum atomic E-state index is 0.496. The first-order chi connectivity index (χ1) is 7.68.